The lowest BCUT2D eigenvalue weighted by Gasteiger charge is -2.27. The number of nitrogens with zero attached hydrogens (tertiary/aromatic N) is 1. The normalized spacial score (nSPS) is 11.5. The summed E-state index contributed by atoms with van der Waals surface area (Å²) in [6.07, 6.45) is 1.50. The largest absolute Gasteiger partial charge is 0.493 e. The first kappa shape index (κ1) is 22.1. The van der Waals surface area contributed by atoms with Gasteiger partial charge in [0.25, 0.3) is 5.91 Å². The van der Waals surface area contributed by atoms with E-state index in [-0.39, 0.29) is 6.10 Å². The van der Waals surface area contributed by atoms with Gasteiger partial charge in [0.15, 0.2) is 17.1 Å². The van der Waals surface area contributed by atoms with Crippen LogP contribution in [0.3, 0.4) is 0 Å². The molecule has 0 unspecified atom stereocenters. The average Bonchev–Trinajstić information content (AvgIpc) is 2.80. The number of nitrogens with one attached hydrogen (secondary N) is 1. The van der Waals surface area contributed by atoms with E-state index in [4.69, 9.17) is 9.47 Å². The summed E-state index contributed by atoms with van der Waals surface area (Å²) in [5, 5.41) is 15.4. The van der Waals surface area contributed by atoms with E-state index in [1.54, 1.807) is 73.8 Å². The van der Waals surface area contributed by atoms with Crippen LogP contribution in [0.4, 0.5) is 0 Å². The number of benzene rings is 3. The van der Waals surface area contributed by atoms with Crippen LogP contribution >= 0.6 is 0 Å². The highest BCUT2D eigenvalue weighted by Gasteiger charge is 2.39. The predicted molar refractivity (Wildman–Crippen MR) is 120 cm³/mol. The molecular weight excluding hydrogens is 392 g/mol. The Labute approximate surface area is 182 Å². The van der Waals surface area contributed by atoms with E-state index in [2.05, 4.69) is 10.5 Å². The van der Waals surface area contributed by atoms with E-state index in [1.807, 2.05) is 26.0 Å². The lowest BCUT2D eigenvalue weighted by Crippen LogP contribution is -2.43. The first-order valence-electron chi connectivity index (χ1n) is 9.96. The minimum Gasteiger partial charge on any atom is -0.493 e. The molecule has 0 aliphatic rings. The molecule has 0 radical (unpaired) electrons. The number of hydrogen-bond acceptors (Lipinski definition) is 5. The van der Waals surface area contributed by atoms with Crippen molar-refractivity contribution in [2.24, 2.45) is 5.10 Å². The number of aliphatic hydroxyl groups is 1. The number of carbonyl (C=O) groups excluding carboxylic acids is 1. The molecule has 0 atom stereocenters. The third-order valence-corrected chi connectivity index (χ3v) is 4.64. The smallest absolute Gasteiger partial charge is 0.281 e. The molecule has 0 bridgehead atoms. The quantitative estimate of drug-likeness (QED) is 0.430. The maximum Gasteiger partial charge on any atom is 0.281 e. The fourth-order valence-corrected chi connectivity index (χ4v) is 3.15. The Hall–Kier alpha value is -3.64. The van der Waals surface area contributed by atoms with Gasteiger partial charge in [-0.05, 0) is 48.7 Å². The minimum absolute atomic E-state index is 0.0151. The highest BCUT2D eigenvalue weighted by atomic mass is 16.5. The van der Waals surface area contributed by atoms with Crippen LogP contribution in [0.5, 0.6) is 11.5 Å². The zero-order chi connectivity index (χ0) is 22.3. The van der Waals surface area contributed by atoms with Gasteiger partial charge >= 0.3 is 0 Å². The fourth-order valence-electron chi connectivity index (χ4n) is 3.15. The highest BCUT2D eigenvalue weighted by Crippen LogP contribution is 2.30. The molecule has 0 fully saturated rings. The molecule has 3 rings (SSSR count). The summed E-state index contributed by atoms with van der Waals surface area (Å²) in [4.78, 5) is 13.0. The van der Waals surface area contributed by atoms with Crippen molar-refractivity contribution in [3.8, 4) is 11.5 Å². The number of ether oxygens (including phenoxy) is 2. The zero-order valence-electron chi connectivity index (χ0n) is 17.8. The first-order chi connectivity index (χ1) is 14.9. The van der Waals surface area contributed by atoms with E-state index in [0.29, 0.717) is 28.2 Å². The van der Waals surface area contributed by atoms with E-state index in [1.165, 1.54) is 6.21 Å². The third kappa shape index (κ3) is 5.10. The Bertz CT molecular complexity index is 994. The van der Waals surface area contributed by atoms with Gasteiger partial charge < -0.3 is 14.6 Å². The molecule has 0 aliphatic heterocycles. The first-order valence-corrected chi connectivity index (χ1v) is 9.96. The van der Waals surface area contributed by atoms with Crippen LogP contribution < -0.4 is 14.9 Å². The fraction of sp³-hybridized carbons (Fsp3) is 0.200. The van der Waals surface area contributed by atoms with Crippen molar-refractivity contribution >= 4 is 12.1 Å². The van der Waals surface area contributed by atoms with Crippen molar-refractivity contribution in [1.29, 1.82) is 0 Å². The van der Waals surface area contributed by atoms with Crippen LogP contribution in [0.25, 0.3) is 0 Å². The minimum atomic E-state index is -1.88. The van der Waals surface area contributed by atoms with Gasteiger partial charge in [0.2, 0.25) is 0 Å². The molecule has 0 aromatic heterocycles. The lowest BCUT2D eigenvalue weighted by molar-refractivity contribution is -0.136. The van der Waals surface area contributed by atoms with E-state index in [0.717, 1.165) is 0 Å². The molecular formula is C25H26N2O4. The van der Waals surface area contributed by atoms with E-state index >= 15 is 0 Å². The monoisotopic (exact) mass is 418 g/mol. The molecule has 3 aromatic carbocycles. The van der Waals surface area contributed by atoms with Crippen molar-refractivity contribution in [3.05, 3.63) is 95.6 Å². The summed E-state index contributed by atoms with van der Waals surface area (Å²) in [6, 6.07) is 22.9. The molecule has 2 N–H and O–H groups in total. The number of carbonyl (C=O) groups is 1. The second-order valence-corrected chi connectivity index (χ2v) is 7.22. The van der Waals surface area contributed by atoms with Crippen LogP contribution in [0.15, 0.2) is 84.0 Å². The van der Waals surface area contributed by atoms with Crippen molar-refractivity contribution in [2.75, 3.05) is 7.11 Å². The summed E-state index contributed by atoms with van der Waals surface area (Å²) in [6.45, 7) is 3.87. The Balaban J connectivity index is 1.83. The molecule has 0 aliphatic carbocycles. The van der Waals surface area contributed by atoms with Crippen molar-refractivity contribution in [1.82, 2.24) is 5.43 Å². The molecule has 0 heterocycles. The summed E-state index contributed by atoms with van der Waals surface area (Å²) >= 11 is 0. The topological polar surface area (TPSA) is 80.2 Å². The Morgan fingerprint density at radius 1 is 0.968 bits per heavy atom. The van der Waals surface area contributed by atoms with E-state index in [9.17, 15) is 9.90 Å². The molecule has 6 nitrogen and oxygen atoms in total. The zero-order valence-corrected chi connectivity index (χ0v) is 17.8. The van der Waals surface area contributed by atoms with Crippen LogP contribution in [0.2, 0.25) is 0 Å². The second kappa shape index (κ2) is 9.91. The molecule has 31 heavy (non-hydrogen) atoms. The number of hydrogen-bond donors (Lipinski definition) is 2. The van der Waals surface area contributed by atoms with Crippen LogP contribution in [0, 0.1) is 0 Å². The predicted octanol–water partition coefficient (Wildman–Crippen LogP) is 3.87. The van der Waals surface area contributed by atoms with Gasteiger partial charge in [-0.15, -0.1) is 0 Å². The second-order valence-electron chi connectivity index (χ2n) is 7.22. The molecule has 6 heteroatoms. The number of rotatable bonds is 8. The van der Waals surface area contributed by atoms with Gasteiger partial charge in [0.05, 0.1) is 19.4 Å². The average molecular weight is 418 g/mol. The summed E-state index contributed by atoms with van der Waals surface area (Å²) < 4.78 is 11.1. The number of methoxy groups -OCH3 is 1. The standard InChI is InChI=1S/C25H26N2O4/c1-18(2)31-22-15-14-19(16-23(22)30-3)17-26-27-24(28)25(29,20-10-6-4-7-11-20)21-12-8-5-9-13-21/h4-18,29H,1-3H3,(H,27,28)/b26-17+. The van der Waals surface area contributed by atoms with Crippen molar-refractivity contribution in [3.63, 3.8) is 0 Å². The van der Waals surface area contributed by atoms with Gasteiger partial charge in [-0.1, -0.05) is 60.7 Å². The molecule has 0 spiro atoms. The van der Waals surface area contributed by atoms with Crippen LogP contribution in [0.1, 0.15) is 30.5 Å². The summed E-state index contributed by atoms with van der Waals surface area (Å²) in [5.74, 6) is 0.531. The number of hydrazone groups is 1. The van der Waals surface area contributed by atoms with Crippen LogP contribution in [-0.2, 0) is 10.4 Å². The molecule has 1 amide bonds. The SMILES string of the molecule is COc1cc(/C=N/NC(=O)C(O)(c2ccccc2)c2ccccc2)ccc1OC(C)C. The van der Waals surface area contributed by atoms with Crippen LogP contribution in [-0.4, -0.2) is 30.4 Å². The van der Waals surface area contributed by atoms with Gasteiger partial charge in [-0.25, -0.2) is 5.43 Å². The Morgan fingerprint density at radius 2 is 1.55 bits per heavy atom. The Kier molecular flexibility index (Phi) is 7.05. The molecule has 0 saturated heterocycles. The molecule has 160 valence electrons. The maximum absolute atomic E-state index is 13.0. The maximum atomic E-state index is 13.0. The Morgan fingerprint density at radius 3 is 2.06 bits per heavy atom. The van der Waals surface area contributed by atoms with Gasteiger partial charge in [-0.2, -0.15) is 5.10 Å². The van der Waals surface area contributed by atoms with Gasteiger partial charge in [0.1, 0.15) is 0 Å². The molecule has 3 aromatic rings. The summed E-state index contributed by atoms with van der Waals surface area (Å²) in [5.41, 5.74) is 2.18. The highest BCUT2D eigenvalue weighted by molar-refractivity contribution is 5.91. The number of amides is 1. The van der Waals surface area contributed by atoms with Gasteiger partial charge in [-0.3, -0.25) is 4.79 Å². The molecule has 0 saturated carbocycles. The summed E-state index contributed by atoms with van der Waals surface area (Å²) in [7, 11) is 1.56. The van der Waals surface area contributed by atoms with Gasteiger partial charge in [0, 0.05) is 0 Å². The third-order valence-electron chi connectivity index (χ3n) is 4.64. The lowest BCUT2D eigenvalue weighted by atomic mass is 9.85. The van der Waals surface area contributed by atoms with Crippen molar-refractivity contribution < 1.29 is 19.4 Å². The van der Waals surface area contributed by atoms with E-state index < -0.39 is 11.5 Å². The van der Waals surface area contributed by atoms with Crippen molar-refractivity contribution in [2.45, 2.75) is 25.6 Å².